The maximum atomic E-state index is 6.08. The molecule has 2 N–H and O–H groups in total. The number of hydrogen-bond acceptors (Lipinski definition) is 3. The van der Waals surface area contributed by atoms with Gasteiger partial charge in [-0.15, -0.1) is 0 Å². The molecule has 14 heavy (non-hydrogen) atoms. The van der Waals surface area contributed by atoms with Gasteiger partial charge in [0.05, 0.1) is 0 Å². The predicted octanol–water partition coefficient (Wildman–Crippen LogP) is 0.750. The molecular formula is C11H25N3. The lowest BCUT2D eigenvalue weighted by Crippen LogP contribution is -2.51. The average molecular weight is 199 g/mol. The Hall–Kier alpha value is -0.120. The molecule has 1 aliphatic heterocycles. The van der Waals surface area contributed by atoms with Gasteiger partial charge in [-0.05, 0) is 26.9 Å². The molecule has 1 unspecified atom stereocenters. The van der Waals surface area contributed by atoms with E-state index in [2.05, 4.69) is 30.8 Å². The van der Waals surface area contributed by atoms with Crippen molar-refractivity contribution in [2.24, 2.45) is 5.73 Å². The Labute approximate surface area is 88.2 Å². The Kier molecular flexibility index (Phi) is 4.85. The van der Waals surface area contributed by atoms with E-state index in [1.807, 2.05) is 0 Å². The molecule has 0 spiro atoms. The fourth-order valence-corrected chi connectivity index (χ4v) is 2.19. The van der Waals surface area contributed by atoms with Gasteiger partial charge in [-0.3, -0.25) is 0 Å². The Balaban J connectivity index is 2.33. The zero-order valence-electron chi connectivity index (χ0n) is 9.87. The van der Waals surface area contributed by atoms with E-state index in [0.29, 0.717) is 12.1 Å². The molecule has 0 radical (unpaired) electrons. The van der Waals surface area contributed by atoms with Gasteiger partial charge in [0.15, 0.2) is 0 Å². The van der Waals surface area contributed by atoms with E-state index in [1.54, 1.807) is 0 Å². The molecule has 0 amide bonds. The minimum atomic E-state index is 0.388. The van der Waals surface area contributed by atoms with Crippen LogP contribution in [0, 0.1) is 0 Å². The third kappa shape index (κ3) is 3.56. The number of nitrogens with two attached hydrogens (primary N) is 1. The van der Waals surface area contributed by atoms with E-state index in [-0.39, 0.29) is 0 Å². The molecule has 2 atom stereocenters. The molecule has 0 saturated carbocycles. The van der Waals surface area contributed by atoms with Crippen molar-refractivity contribution in [1.29, 1.82) is 0 Å². The van der Waals surface area contributed by atoms with Crippen molar-refractivity contribution in [2.45, 2.75) is 38.3 Å². The maximum Gasteiger partial charge on any atom is 0.0235 e. The molecular weight excluding hydrogens is 174 g/mol. The van der Waals surface area contributed by atoms with Crippen molar-refractivity contribution in [3.63, 3.8) is 0 Å². The smallest absolute Gasteiger partial charge is 0.0235 e. The minimum Gasteiger partial charge on any atom is -0.328 e. The first-order valence-corrected chi connectivity index (χ1v) is 5.77. The highest BCUT2D eigenvalue weighted by molar-refractivity contribution is 4.81. The third-order valence-electron chi connectivity index (χ3n) is 3.21. The SMILES string of the molecule is CCC[C@@H](N)CC1CN(C)CCN1C. The topological polar surface area (TPSA) is 32.5 Å². The van der Waals surface area contributed by atoms with Gasteiger partial charge < -0.3 is 15.5 Å². The molecule has 1 saturated heterocycles. The van der Waals surface area contributed by atoms with Gasteiger partial charge in [-0.1, -0.05) is 13.3 Å². The summed E-state index contributed by atoms with van der Waals surface area (Å²) in [7, 11) is 4.42. The first-order chi connectivity index (χ1) is 6.63. The van der Waals surface area contributed by atoms with E-state index >= 15 is 0 Å². The first-order valence-electron chi connectivity index (χ1n) is 5.77. The van der Waals surface area contributed by atoms with Gasteiger partial charge in [0.25, 0.3) is 0 Å². The van der Waals surface area contributed by atoms with Crippen molar-refractivity contribution in [2.75, 3.05) is 33.7 Å². The van der Waals surface area contributed by atoms with Crippen molar-refractivity contribution >= 4 is 0 Å². The number of rotatable bonds is 4. The van der Waals surface area contributed by atoms with Crippen LogP contribution in [0.5, 0.6) is 0 Å². The average Bonchev–Trinajstić information content (AvgIpc) is 2.12. The predicted molar refractivity (Wildman–Crippen MR) is 61.4 cm³/mol. The molecule has 0 aromatic rings. The van der Waals surface area contributed by atoms with Crippen LogP contribution >= 0.6 is 0 Å². The third-order valence-corrected chi connectivity index (χ3v) is 3.21. The molecule has 0 aromatic carbocycles. The maximum absolute atomic E-state index is 6.08. The normalized spacial score (nSPS) is 27.9. The Morgan fingerprint density at radius 1 is 1.36 bits per heavy atom. The molecule has 3 nitrogen and oxygen atoms in total. The largest absolute Gasteiger partial charge is 0.328 e. The number of likely N-dealkylation sites (N-methyl/N-ethyl adjacent to an activating group) is 2. The van der Waals surface area contributed by atoms with E-state index < -0.39 is 0 Å². The summed E-state index contributed by atoms with van der Waals surface area (Å²) < 4.78 is 0. The zero-order valence-corrected chi connectivity index (χ0v) is 9.87. The zero-order chi connectivity index (χ0) is 10.6. The van der Waals surface area contributed by atoms with Gasteiger partial charge in [0.2, 0.25) is 0 Å². The summed E-state index contributed by atoms with van der Waals surface area (Å²) in [5.74, 6) is 0. The summed E-state index contributed by atoms with van der Waals surface area (Å²) in [5, 5.41) is 0. The van der Waals surface area contributed by atoms with Crippen LogP contribution in [-0.2, 0) is 0 Å². The lowest BCUT2D eigenvalue weighted by atomic mass is 10.0. The van der Waals surface area contributed by atoms with Gasteiger partial charge in [0, 0.05) is 31.7 Å². The second-order valence-corrected chi connectivity index (χ2v) is 4.68. The van der Waals surface area contributed by atoms with Crippen LogP contribution in [0.15, 0.2) is 0 Å². The van der Waals surface area contributed by atoms with E-state index in [4.69, 9.17) is 5.73 Å². The van der Waals surface area contributed by atoms with Gasteiger partial charge in [0.1, 0.15) is 0 Å². The molecule has 0 aromatic heterocycles. The first kappa shape index (κ1) is 12.0. The summed E-state index contributed by atoms with van der Waals surface area (Å²) in [5.41, 5.74) is 6.08. The van der Waals surface area contributed by atoms with E-state index in [9.17, 15) is 0 Å². The standard InChI is InChI=1S/C11H25N3/c1-4-5-10(12)8-11-9-13(2)6-7-14(11)3/h10-11H,4-9,12H2,1-3H3/t10-,11?/m1/s1. The highest BCUT2D eigenvalue weighted by Crippen LogP contribution is 2.12. The monoisotopic (exact) mass is 199 g/mol. The molecule has 1 aliphatic rings. The van der Waals surface area contributed by atoms with Crippen molar-refractivity contribution in [3.8, 4) is 0 Å². The quantitative estimate of drug-likeness (QED) is 0.725. The lowest BCUT2D eigenvalue weighted by Gasteiger charge is -2.38. The summed E-state index contributed by atoms with van der Waals surface area (Å²) in [4.78, 5) is 4.86. The Morgan fingerprint density at radius 3 is 2.71 bits per heavy atom. The van der Waals surface area contributed by atoms with Crippen LogP contribution in [0.1, 0.15) is 26.2 Å². The number of nitrogens with zero attached hydrogens (tertiary/aromatic N) is 2. The molecule has 1 fully saturated rings. The number of hydrogen-bond donors (Lipinski definition) is 1. The number of piperazine rings is 1. The van der Waals surface area contributed by atoms with E-state index in [1.165, 1.54) is 26.1 Å². The van der Waals surface area contributed by atoms with Gasteiger partial charge >= 0.3 is 0 Å². The molecule has 84 valence electrons. The Bertz CT molecular complexity index is 161. The van der Waals surface area contributed by atoms with Crippen LogP contribution in [-0.4, -0.2) is 55.6 Å². The van der Waals surface area contributed by atoms with Crippen LogP contribution in [0.3, 0.4) is 0 Å². The molecule has 0 bridgehead atoms. The van der Waals surface area contributed by atoms with Crippen molar-refractivity contribution < 1.29 is 0 Å². The van der Waals surface area contributed by atoms with Crippen LogP contribution in [0.4, 0.5) is 0 Å². The lowest BCUT2D eigenvalue weighted by molar-refractivity contribution is 0.103. The highest BCUT2D eigenvalue weighted by Gasteiger charge is 2.23. The van der Waals surface area contributed by atoms with Crippen LogP contribution in [0.25, 0.3) is 0 Å². The Morgan fingerprint density at radius 2 is 2.07 bits per heavy atom. The summed E-state index contributed by atoms with van der Waals surface area (Å²) in [6.45, 7) is 5.75. The summed E-state index contributed by atoms with van der Waals surface area (Å²) >= 11 is 0. The van der Waals surface area contributed by atoms with E-state index in [0.717, 1.165) is 12.8 Å². The van der Waals surface area contributed by atoms with Crippen LogP contribution < -0.4 is 5.73 Å². The fourth-order valence-electron chi connectivity index (χ4n) is 2.19. The molecule has 0 aliphatic carbocycles. The second kappa shape index (κ2) is 5.69. The van der Waals surface area contributed by atoms with Crippen LogP contribution in [0.2, 0.25) is 0 Å². The highest BCUT2D eigenvalue weighted by atomic mass is 15.3. The molecule has 3 heteroatoms. The van der Waals surface area contributed by atoms with Crippen molar-refractivity contribution in [3.05, 3.63) is 0 Å². The second-order valence-electron chi connectivity index (χ2n) is 4.68. The fraction of sp³-hybridized carbons (Fsp3) is 1.00. The molecule has 1 heterocycles. The van der Waals surface area contributed by atoms with Crippen molar-refractivity contribution in [1.82, 2.24) is 9.80 Å². The minimum absolute atomic E-state index is 0.388. The molecule has 1 rings (SSSR count). The summed E-state index contributed by atoms with van der Waals surface area (Å²) in [6, 6.07) is 1.05. The van der Waals surface area contributed by atoms with Gasteiger partial charge in [-0.25, -0.2) is 0 Å². The summed E-state index contributed by atoms with van der Waals surface area (Å²) in [6.07, 6.45) is 3.51. The van der Waals surface area contributed by atoms with Gasteiger partial charge in [-0.2, -0.15) is 0 Å².